The average Bonchev–Trinajstić information content (AvgIpc) is 2.70. The average molecular weight is 230 g/mol. The molecule has 0 saturated heterocycles. The maximum atomic E-state index is 11.4. The Kier molecular flexibility index (Phi) is 2.95. The van der Waals surface area contributed by atoms with Crippen molar-refractivity contribution in [3.8, 4) is 11.4 Å². The number of aromatic amines is 1. The number of benzene rings is 1. The van der Waals surface area contributed by atoms with E-state index in [4.69, 9.17) is 0 Å². The number of hydrogen-bond donors (Lipinski definition) is 1. The van der Waals surface area contributed by atoms with Gasteiger partial charge in [0, 0.05) is 11.3 Å². The van der Waals surface area contributed by atoms with Gasteiger partial charge in [-0.3, -0.25) is 0 Å². The first-order chi connectivity index (χ1) is 8.11. The minimum atomic E-state index is -0.419. The van der Waals surface area contributed by atoms with Crippen LogP contribution in [0.5, 0.6) is 0 Å². The first-order valence-corrected chi connectivity index (χ1v) is 5.34. The third-order valence-electron chi connectivity index (χ3n) is 2.55. The number of aryl methyl sites for hydroxylation is 2. The van der Waals surface area contributed by atoms with E-state index in [1.807, 2.05) is 31.2 Å². The number of nitrogens with zero attached hydrogens (tertiary/aromatic N) is 1. The van der Waals surface area contributed by atoms with E-state index in [0.717, 1.165) is 11.1 Å². The summed E-state index contributed by atoms with van der Waals surface area (Å²) in [4.78, 5) is 18.8. The number of H-pyrrole nitrogens is 1. The van der Waals surface area contributed by atoms with Crippen molar-refractivity contribution in [2.24, 2.45) is 0 Å². The van der Waals surface area contributed by atoms with Gasteiger partial charge in [0.1, 0.15) is 5.82 Å². The molecule has 0 aliphatic rings. The summed E-state index contributed by atoms with van der Waals surface area (Å²) < 4.78 is 4.67. The summed E-state index contributed by atoms with van der Waals surface area (Å²) >= 11 is 0. The fourth-order valence-corrected chi connectivity index (χ4v) is 1.68. The van der Waals surface area contributed by atoms with E-state index in [2.05, 4.69) is 14.7 Å². The van der Waals surface area contributed by atoms with E-state index in [0.29, 0.717) is 17.2 Å². The molecule has 0 saturated carbocycles. The Balaban J connectivity index is 2.44. The first-order valence-electron chi connectivity index (χ1n) is 5.34. The zero-order valence-corrected chi connectivity index (χ0v) is 10.1. The molecule has 1 heterocycles. The molecule has 17 heavy (non-hydrogen) atoms. The number of aromatic nitrogens is 2. The molecule has 2 aromatic rings. The van der Waals surface area contributed by atoms with Crippen LogP contribution >= 0.6 is 0 Å². The second kappa shape index (κ2) is 4.41. The molecule has 0 spiro atoms. The number of methoxy groups -OCH3 is 1. The van der Waals surface area contributed by atoms with Gasteiger partial charge in [-0.2, -0.15) is 0 Å². The number of rotatable bonds is 2. The van der Waals surface area contributed by atoms with Crippen LogP contribution in [0.1, 0.15) is 21.7 Å². The SMILES string of the molecule is COC(=O)c1nc(-c2cccc(C)c2)[nH]c1C. The third-order valence-corrected chi connectivity index (χ3v) is 2.55. The molecular weight excluding hydrogens is 216 g/mol. The van der Waals surface area contributed by atoms with Crippen molar-refractivity contribution in [2.75, 3.05) is 7.11 Å². The van der Waals surface area contributed by atoms with E-state index >= 15 is 0 Å². The molecule has 1 aromatic carbocycles. The van der Waals surface area contributed by atoms with Gasteiger partial charge >= 0.3 is 5.97 Å². The van der Waals surface area contributed by atoms with Crippen LogP contribution in [0.25, 0.3) is 11.4 Å². The fourth-order valence-electron chi connectivity index (χ4n) is 1.68. The van der Waals surface area contributed by atoms with Gasteiger partial charge in [0.05, 0.1) is 7.11 Å². The molecule has 2 rings (SSSR count). The second-order valence-electron chi connectivity index (χ2n) is 3.92. The van der Waals surface area contributed by atoms with Crippen LogP contribution in [-0.4, -0.2) is 23.0 Å². The van der Waals surface area contributed by atoms with E-state index in [-0.39, 0.29) is 0 Å². The standard InChI is InChI=1S/C13H14N2O2/c1-8-5-4-6-10(7-8)12-14-9(2)11(15-12)13(16)17-3/h4-7H,1-3H3,(H,14,15). The van der Waals surface area contributed by atoms with Crippen molar-refractivity contribution in [1.82, 2.24) is 9.97 Å². The zero-order chi connectivity index (χ0) is 12.4. The number of nitrogens with one attached hydrogen (secondary N) is 1. The molecule has 4 heteroatoms. The molecule has 0 atom stereocenters. The zero-order valence-electron chi connectivity index (χ0n) is 10.1. The lowest BCUT2D eigenvalue weighted by Gasteiger charge is -1.97. The van der Waals surface area contributed by atoms with Gasteiger partial charge in [0.25, 0.3) is 0 Å². The predicted octanol–water partition coefficient (Wildman–Crippen LogP) is 2.48. The van der Waals surface area contributed by atoms with E-state index in [1.54, 1.807) is 6.92 Å². The Hall–Kier alpha value is -2.10. The molecule has 0 aliphatic carbocycles. The summed E-state index contributed by atoms with van der Waals surface area (Å²) in [6.45, 7) is 3.82. The van der Waals surface area contributed by atoms with Crippen LogP contribution in [0, 0.1) is 13.8 Å². The molecule has 0 unspecified atom stereocenters. The largest absolute Gasteiger partial charge is 0.464 e. The molecule has 4 nitrogen and oxygen atoms in total. The molecule has 0 radical (unpaired) electrons. The predicted molar refractivity (Wildman–Crippen MR) is 64.8 cm³/mol. The van der Waals surface area contributed by atoms with Gasteiger partial charge in [-0.25, -0.2) is 9.78 Å². The van der Waals surface area contributed by atoms with Crippen molar-refractivity contribution in [1.29, 1.82) is 0 Å². The van der Waals surface area contributed by atoms with E-state index in [9.17, 15) is 4.79 Å². The van der Waals surface area contributed by atoms with Crippen molar-refractivity contribution in [3.05, 3.63) is 41.2 Å². The van der Waals surface area contributed by atoms with Crippen LogP contribution < -0.4 is 0 Å². The number of hydrogen-bond acceptors (Lipinski definition) is 3. The summed E-state index contributed by atoms with van der Waals surface area (Å²) in [5.41, 5.74) is 3.16. The number of carbonyl (C=O) groups excluding carboxylic acids is 1. The van der Waals surface area contributed by atoms with Crippen LogP contribution in [0.3, 0.4) is 0 Å². The quantitative estimate of drug-likeness (QED) is 0.806. The third kappa shape index (κ3) is 2.20. The Labute approximate surface area is 99.7 Å². The first kappa shape index (κ1) is 11.4. The highest BCUT2D eigenvalue weighted by atomic mass is 16.5. The molecule has 88 valence electrons. The van der Waals surface area contributed by atoms with Crippen LogP contribution in [-0.2, 0) is 4.74 Å². The maximum Gasteiger partial charge on any atom is 0.358 e. The Morgan fingerprint density at radius 3 is 2.76 bits per heavy atom. The topological polar surface area (TPSA) is 55.0 Å². The van der Waals surface area contributed by atoms with Crippen molar-refractivity contribution >= 4 is 5.97 Å². The lowest BCUT2D eigenvalue weighted by molar-refractivity contribution is 0.0594. The normalized spacial score (nSPS) is 10.3. The summed E-state index contributed by atoms with van der Waals surface area (Å²) in [5, 5.41) is 0. The van der Waals surface area contributed by atoms with Gasteiger partial charge in [-0.1, -0.05) is 23.8 Å². The van der Waals surface area contributed by atoms with Crippen molar-refractivity contribution in [2.45, 2.75) is 13.8 Å². The number of ether oxygens (including phenoxy) is 1. The van der Waals surface area contributed by atoms with Gasteiger partial charge in [0.2, 0.25) is 0 Å². The van der Waals surface area contributed by atoms with Crippen LogP contribution in [0.15, 0.2) is 24.3 Å². The minimum Gasteiger partial charge on any atom is -0.464 e. The lowest BCUT2D eigenvalue weighted by atomic mass is 10.1. The van der Waals surface area contributed by atoms with E-state index < -0.39 is 5.97 Å². The number of imidazole rings is 1. The van der Waals surface area contributed by atoms with E-state index in [1.165, 1.54) is 7.11 Å². The highest BCUT2D eigenvalue weighted by Crippen LogP contribution is 2.19. The molecular formula is C13H14N2O2. The Morgan fingerprint density at radius 1 is 1.35 bits per heavy atom. The monoisotopic (exact) mass is 230 g/mol. The highest BCUT2D eigenvalue weighted by Gasteiger charge is 2.15. The number of carbonyl (C=O) groups is 1. The highest BCUT2D eigenvalue weighted by molar-refractivity contribution is 5.89. The minimum absolute atomic E-state index is 0.337. The van der Waals surface area contributed by atoms with Gasteiger partial charge in [0.15, 0.2) is 5.69 Å². The molecule has 0 fully saturated rings. The summed E-state index contributed by atoms with van der Waals surface area (Å²) in [5.74, 6) is 0.268. The molecule has 1 N–H and O–H groups in total. The van der Waals surface area contributed by atoms with Gasteiger partial charge < -0.3 is 9.72 Å². The summed E-state index contributed by atoms with van der Waals surface area (Å²) in [7, 11) is 1.35. The van der Waals surface area contributed by atoms with Crippen molar-refractivity contribution < 1.29 is 9.53 Å². The van der Waals surface area contributed by atoms with Crippen LogP contribution in [0.2, 0.25) is 0 Å². The van der Waals surface area contributed by atoms with Gasteiger partial charge in [-0.05, 0) is 19.9 Å². The van der Waals surface area contributed by atoms with Gasteiger partial charge in [-0.15, -0.1) is 0 Å². The molecule has 0 amide bonds. The Bertz CT molecular complexity index is 558. The fraction of sp³-hybridized carbons (Fsp3) is 0.231. The summed E-state index contributed by atoms with van der Waals surface area (Å²) in [6, 6.07) is 7.94. The maximum absolute atomic E-state index is 11.4. The Morgan fingerprint density at radius 2 is 2.12 bits per heavy atom. The number of esters is 1. The smallest absolute Gasteiger partial charge is 0.358 e. The molecule has 0 bridgehead atoms. The van der Waals surface area contributed by atoms with Crippen LogP contribution in [0.4, 0.5) is 0 Å². The lowest BCUT2D eigenvalue weighted by Crippen LogP contribution is -2.03. The molecule has 1 aromatic heterocycles. The molecule has 0 aliphatic heterocycles. The van der Waals surface area contributed by atoms with Crippen molar-refractivity contribution in [3.63, 3.8) is 0 Å². The summed E-state index contributed by atoms with van der Waals surface area (Å²) in [6.07, 6.45) is 0. The second-order valence-corrected chi connectivity index (χ2v) is 3.92.